The Bertz CT molecular complexity index is 690. The number of hydrogen-bond acceptors (Lipinski definition) is 3. The maximum Gasteiger partial charge on any atom is 0.326 e. The number of nitrogens with zero attached hydrogens (tertiary/aromatic N) is 2. The minimum Gasteiger partial charge on any atom is -0.480 e. The van der Waals surface area contributed by atoms with Crippen molar-refractivity contribution in [1.82, 2.24) is 4.98 Å². The van der Waals surface area contributed by atoms with Gasteiger partial charge in [0.25, 0.3) is 0 Å². The van der Waals surface area contributed by atoms with Crippen LogP contribution in [-0.2, 0) is 4.79 Å². The van der Waals surface area contributed by atoms with E-state index in [9.17, 15) is 9.90 Å². The minimum atomic E-state index is -0.818. The van der Waals surface area contributed by atoms with Crippen LogP contribution in [0, 0.1) is 0 Å². The fourth-order valence-electron chi connectivity index (χ4n) is 2.58. The first-order chi connectivity index (χ1) is 9.58. The molecule has 20 heavy (non-hydrogen) atoms. The molecular weight excluding hydrogens is 299 g/mol. The largest absolute Gasteiger partial charge is 0.480 e. The number of pyridine rings is 1. The number of fused-ring (bicyclic) bond motifs is 1. The molecule has 0 saturated carbocycles. The van der Waals surface area contributed by atoms with Gasteiger partial charge in [-0.05, 0) is 31.0 Å². The van der Waals surface area contributed by atoms with Crippen molar-refractivity contribution in [3.63, 3.8) is 0 Å². The molecule has 2 heterocycles. The lowest BCUT2D eigenvalue weighted by atomic mass is 10.2. The average molecular weight is 311 g/mol. The Kier molecular flexibility index (Phi) is 3.44. The number of anilines is 1. The van der Waals surface area contributed by atoms with E-state index in [-0.39, 0.29) is 0 Å². The number of rotatable bonds is 2. The molecule has 3 rings (SSSR count). The molecule has 104 valence electrons. The zero-order valence-corrected chi connectivity index (χ0v) is 12.0. The van der Waals surface area contributed by atoms with Crippen molar-refractivity contribution in [2.45, 2.75) is 18.9 Å². The Morgan fingerprint density at radius 1 is 1.30 bits per heavy atom. The highest BCUT2D eigenvalue weighted by molar-refractivity contribution is 6.45. The molecule has 1 N–H and O–H groups in total. The lowest BCUT2D eigenvalue weighted by Gasteiger charge is -2.22. The van der Waals surface area contributed by atoms with Crippen molar-refractivity contribution in [3.8, 4) is 0 Å². The van der Waals surface area contributed by atoms with Crippen molar-refractivity contribution in [3.05, 3.63) is 34.3 Å². The van der Waals surface area contributed by atoms with E-state index in [1.807, 2.05) is 18.2 Å². The molecule has 1 aliphatic rings. The zero-order valence-electron chi connectivity index (χ0n) is 10.5. The minimum absolute atomic E-state index is 0.400. The van der Waals surface area contributed by atoms with Crippen molar-refractivity contribution in [2.75, 3.05) is 11.4 Å². The molecular formula is C14H12Cl2N2O2. The molecule has 6 heteroatoms. The number of halogens is 2. The van der Waals surface area contributed by atoms with Crippen LogP contribution in [0.1, 0.15) is 12.8 Å². The van der Waals surface area contributed by atoms with Gasteiger partial charge in [-0.1, -0.05) is 29.3 Å². The molecule has 1 fully saturated rings. The van der Waals surface area contributed by atoms with Gasteiger partial charge in [-0.2, -0.15) is 0 Å². The first-order valence-electron chi connectivity index (χ1n) is 6.32. The van der Waals surface area contributed by atoms with Crippen LogP contribution < -0.4 is 4.90 Å². The van der Waals surface area contributed by atoms with Gasteiger partial charge in [-0.3, -0.25) is 0 Å². The van der Waals surface area contributed by atoms with Crippen LogP contribution in [0.15, 0.2) is 24.3 Å². The highest BCUT2D eigenvalue weighted by Gasteiger charge is 2.31. The molecule has 4 nitrogen and oxygen atoms in total. The molecule has 0 radical (unpaired) electrons. The van der Waals surface area contributed by atoms with Crippen LogP contribution in [-0.4, -0.2) is 28.6 Å². The van der Waals surface area contributed by atoms with Gasteiger partial charge >= 0.3 is 5.97 Å². The summed E-state index contributed by atoms with van der Waals surface area (Å²) in [7, 11) is 0. The number of aromatic nitrogens is 1. The number of carbonyl (C=O) groups is 1. The summed E-state index contributed by atoms with van der Waals surface area (Å²) < 4.78 is 0. The average Bonchev–Trinajstić information content (AvgIpc) is 2.92. The number of carboxylic acid groups (broad SMARTS) is 1. The highest BCUT2D eigenvalue weighted by Crippen LogP contribution is 2.32. The number of carboxylic acids is 1. The molecule has 0 amide bonds. The van der Waals surface area contributed by atoms with Crippen LogP contribution in [0.3, 0.4) is 0 Å². The van der Waals surface area contributed by atoms with Gasteiger partial charge in [0, 0.05) is 11.9 Å². The van der Waals surface area contributed by atoms with Gasteiger partial charge < -0.3 is 10.0 Å². The van der Waals surface area contributed by atoms with E-state index in [0.717, 1.165) is 11.8 Å². The third-order valence-corrected chi connectivity index (χ3v) is 4.36. The first-order valence-corrected chi connectivity index (χ1v) is 7.08. The van der Waals surface area contributed by atoms with Gasteiger partial charge in [0.15, 0.2) is 0 Å². The van der Waals surface area contributed by atoms with Crippen molar-refractivity contribution < 1.29 is 9.90 Å². The number of benzene rings is 1. The summed E-state index contributed by atoms with van der Waals surface area (Å²) in [6.45, 7) is 0.688. The van der Waals surface area contributed by atoms with E-state index >= 15 is 0 Å². The fourth-order valence-corrected chi connectivity index (χ4v) is 2.94. The predicted molar refractivity (Wildman–Crippen MR) is 79.8 cm³/mol. The number of aliphatic carboxylic acids is 1. The van der Waals surface area contributed by atoms with Crippen LogP contribution in [0.25, 0.3) is 10.9 Å². The third-order valence-electron chi connectivity index (χ3n) is 3.57. The SMILES string of the molecule is O=C(O)[C@@H]1CCCN1c1ccc2ccc(Cl)c(Cl)c2n1. The molecule has 1 aliphatic heterocycles. The second-order valence-corrected chi connectivity index (χ2v) is 5.58. The lowest BCUT2D eigenvalue weighted by Crippen LogP contribution is -2.36. The quantitative estimate of drug-likeness (QED) is 0.921. The molecule has 1 aromatic carbocycles. The van der Waals surface area contributed by atoms with Crippen LogP contribution >= 0.6 is 23.2 Å². The van der Waals surface area contributed by atoms with Gasteiger partial charge in [0.05, 0.1) is 15.6 Å². The summed E-state index contributed by atoms with van der Waals surface area (Å²) >= 11 is 12.2. The Morgan fingerprint density at radius 3 is 2.80 bits per heavy atom. The van der Waals surface area contributed by atoms with Crippen LogP contribution in [0.2, 0.25) is 10.0 Å². The monoisotopic (exact) mass is 310 g/mol. The maximum absolute atomic E-state index is 11.3. The summed E-state index contributed by atoms with van der Waals surface area (Å²) in [5, 5.41) is 11.0. The summed E-state index contributed by atoms with van der Waals surface area (Å²) in [6, 6.07) is 6.77. The Hall–Kier alpha value is -1.52. The number of hydrogen-bond donors (Lipinski definition) is 1. The topological polar surface area (TPSA) is 53.4 Å². The van der Waals surface area contributed by atoms with E-state index in [4.69, 9.17) is 23.2 Å². The molecule has 0 unspecified atom stereocenters. The highest BCUT2D eigenvalue weighted by atomic mass is 35.5. The van der Waals surface area contributed by atoms with Crippen LogP contribution in [0.4, 0.5) is 5.82 Å². The Balaban J connectivity index is 2.08. The summed E-state index contributed by atoms with van der Waals surface area (Å²) in [5.74, 6) is -0.187. The lowest BCUT2D eigenvalue weighted by molar-refractivity contribution is -0.138. The first kappa shape index (κ1) is 13.5. The normalized spacial score (nSPS) is 18.7. The van der Waals surface area contributed by atoms with E-state index in [0.29, 0.717) is 34.3 Å². The summed E-state index contributed by atoms with van der Waals surface area (Å²) in [5.41, 5.74) is 0.604. The van der Waals surface area contributed by atoms with Crippen molar-refractivity contribution in [2.24, 2.45) is 0 Å². The van der Waals surface area contributed by atoms with Gasteiger partial charge in [0.2, 0.25) is 0 Å². The third kappa shape index (κ3) is 2.19. The molecule has 0 aliphatic carbocycles. The maximum atomic E-state index is 11.3. The summed E-state index contributed by atoms with van der Waals surface area (Å²) in [4.78, 5) is 17.6. The molecule has 0 spiro atoms. The Morgan fingerprint density at radius 2 is 2.05 bits per heavy atom. The second-order valence-electron chi connectivity index (χ2n) is 4.79. The van der Waals surface area contributed by atoms with Gasteiger partial charge in [0.1, 0.15) is 11.9 Å². The zero-order chi connectivity index (χ0) is 14.3. The molecule has 2 aromatic rings. The van der Waals surface area contributed by atoms with Gasteiger partial charge in [-0.15, -0.1) is 0 Å². The summed E-state index contributed by atoms with van der Waals surface area (Å²) in [6.07, 6.45) is 1.48. The van der Waals surface area contributed by atoms with E-state index in [2.05, 4.69) is 4.98 Å². The van der Waals surface area contributed by atoms with Crippen LogP contribution in [0.5, 0.6) is 0 Å². The smallest absolute Gasteiger partial charge is 0.326 e. The molecule has 1 saturated heterocycles. The predicted octanol–water partition coefficient (Wildman–Crippen LogP) is 3.60. The van der Waals surface area contributed by atoms with E-state index < -0.39 is 12.0 Å². The van der Waals surface area contributed by atoms with E-state index in [1.165, 1.54) is 0 Å². The molecule has 1 atom stereocenters. The van der Waals surface area contributed by atoms with E-state index in [1.54, 1.807) is 11.0 Å². The molecule has 0 bridgehead atoms. The van der Waals surface area contributed by atoms with Gasteiger partial charge in [-0.25, -0.2) is 9.78 Å². The van der Waals surface area contributed by atoms with Crippen molar-refractivity contribution >= 4 is 45.9 Å². The second kappa shape index (κ2) is 5.11. The Labute approximate surface area is 125 Å². The standard InChI is InChI=1S/C14H12Cl2N2O2/c15-9-5-3-8-4-6-11(17-13(8)12(9)16)18-7-1-2-10(18)14(19)20/h3-6,10H,1-2,7H2,(H,19,20)/t10-/m0/s1. The fraction of sp³-hybridized carbons (Fsp3) is 0.286. The molecule has 1 aromatic heterocycles. The van der Waals surface area contributed by atoms with Crippen molar-refractivity contribution in [1.29, 1.82) is 0 Å².